The molecular weight excluding hydrogens is 324 g/mol. The van der Waals surface area contributed by atoms with Gasteiger partial charge in [-0.15, -0.1) is 0 Å². The zero-order valence-corrected chi connectivity index (χ0v) is 13.9. The molecule has 1 N–H and O–H groups in total. The molecule has 1 aliphatic heterocycles. The Bertz CT molecular complexity index is 661. The average Bonchev–Trinajstić information content (AvgIpc) is 2.51. The van der Waals surface area contributed by atoms with Gasteiger partial charge in [0.15, 0.2) is 11.5 Å². The molecular formula is C14H20N2O6S. The van der Waals surface area contributed by atoms with Crippen LogP contribution in [-0.2, 0) is 19.6 Å². The van der Waals surface area contributed by atoms with Crippen LogP contribution in [0.1, 0.15) is 0 Å². The fourth-order valence-corrected chi connectivity index (χ4v) is 2.91. The van der Waals surface area contributed by atoms with Gasteiger partial charge >= 0.3 is 0 Å². The van der Waals surface area contributed by atoms with Gasteiger partial charge in [-0.05, 0) is 12.1 Å². The van der Waals surface area contributed by atoms with Crippen molar-refractivity contribution in [2.24, 2.45) is 0 Å². The molecule has 0 radical (unpaired) electrons. The van der Waals surface area contributed by atoms with Gasteiger partial charge in [0, 0.05) is 19.7 Å². The van der Waals surface area contributed by atoms with Crippen molar-refractivity contribution in [3.8, 4) is 11.5 Å². The van der Waals surface area contributed by atoms with Crippen LogP contribution in [0.15, 0.2) is 18.2 Å². The molecule has 0 atom stereocenters. The number of hydrogen-bond acceptors (Lipinski definition) is 6. The molecule has 0 spiro atoms. The molecule has 8 nitrogen and oxygen atoms in total. The minimum Gasteiger partial charge on any atom is -0.486 e. The summed E-state index contributed by atoms with van der Waals surface area (Å²) < 4.78 is 40.7. The SMILES string of the molecule is COCCNC(=O)CN(c1ccc2c(c1)OCCO2)S(C)(=O)=O. The van der Waals surface area contributed by atoms with E-state index in [0.29, 0.717) is 43.6 Å². The quantitative estimate of drug-likeness (QED) is 0.699. The minimum absolute atomic E-state index is 0.314. The number of amides is 1. The molecule has 0 saturated carbocycles. The third-order valence-corrected chi connectivity index (χ3v) is 4.27. The maximum atomic E-state index is 12.0. The molecule has 0 fully saturated rings. The number of benzene rings is 1. The highest BCUT2D eigenvalue weighted by Crippen LogP contribution is 2.34. The first kappa shape index (κ1) is 17.4. The van der Waals surface area contributed by atoms with Crippen LogP contribution in [0.5, 0.6) is 11.5 Å². The average molecular weight is 344 g/mol. The van der Waals surface area contributed by atoms with Crippen LogP contribution in [0.25, 0.3) is 0 Å². The first-order chi connectivity index (χ1) is 10.9. The highest BCUT2D eigenvalue weighted by molar-refractivity contribution is 7.92. The molecule has 1 aliphatic rings. The van der Waals surface area contributed by atoms with Gasteiger partial charge in [-0.1, -0.05) is 0 Å². The number of sulfonamides is 1. The van der Waals surface area contributed by atoms with E-state index in [2.05, 4.69) is 5.32 Å². The molecule has 9 heteroatoms. The Morgan fingerprint density at radius 2 is 2.00 bits per heavy atom. The molecule has 0 unspecified atom stereocenters. The predicted octanol–water partition coefficient (Wildman–Crippen LogP) is -0.0136. The summed E-state index contributed by atoms with van der Waals surface area (Å²) in [7, 11) is -2.11. The molecule has 1 heterocycles. The Kier molecular flexibility index (Phi) is 5.67. The van der Waals surface area contributed by atoms with E-state index < -0.39 is 15.9 Å². The summed E-state index contributed by atoms with van der Waals surface area (Å²) in [6.45, 7) is 1.20. The maximum absolute atomic E-state index is 12.0. The number of methoxy groups -OCH3 is 1. The highest BCUT2D eigenvalue weighted by Gasteiger charge is 2.23. The summed E-state index contributed by atoms with van der Waals surface area (Å²) >= 11 is 0. The summed E-state index contributed by atoms with van der Waals surface area (Å²) in [5.41, 5.74) is 0.346. The molecule has 128 valence electrons. The fourth-order valence-electron chi connectivity index (χ4n) is 2.07. The second-order valence-corrected chi connectivity index (χ2v) is 6.85. The van der Waals surface area contributed by atoms with Gasteiger partial charge in [0.2, 0.25) is 15.9 Å². The summed E-state index contributed by atoms with van der Waals surface area (Å²) in [6, 6.07) is 4.76. The highest BCUT2D eigenvalue weighted by atomic mass is 32.2. The molecule has 1 amide bonds. The van der Waals surface area contributed by atoms with E-state index in [1.165, 1.54) is 7.11 Å². The van der Waals surface area contributed by atoms with Gasteiger partial charge in [0.1, 0.15) is 19.8 Å². The minimum atomic E-state index is -3.63. The number of carbonyl (C=O) groups excluding carboxylic acids is 1. The molecule has 1 aromatic rings. The number of ether oxygens (including phenoxy) is 3. The summed E-state index contributed by atoms with van der Waals surface area (Å²) in [4.78, 5) is 11.9. The van der Waals surface area contributed by atoms with Crippen molar-refractivity contribution >= 4 is 21.6 Å². The topological polar surface area (TPSA) is 94.2 Å². The van der Waals surface area contributed by atoms with Gasteiger partial charge in [-0.2, -0.15) is 0 Å². The van der Waals surface area contributed by atoms with E-state index in [0.717, 1.165) is 10.6 Å². The zero-order chi connectivity index (χ0) is 16.9. The number of carbonyl (C=O) groups is 1. The number of fused-ring (bicyclic) bond motifs is 1. The zero-order valence-electron chi connectivity index (χ0n) is 13.1. The Balaban J connectivity index is 2.17. The van der Waals surface area contributed by atoms with Crippen LogP contribution >= 0.6 is 0 Å². The maximum Gasteiger partial charge on any atom is 0.240 e. The lowest BCUT2D eigenvalue weighted by Gasteiger charge is -2.24. The number of nitrogens with zero attached hydrogens (tertiary/aromatic N) is 1. The van der Waals surface area contributed by atoms with Gasteiger partial charge in [-0.3, -0.25) is 9.10 Å². The largest absolute Gasteiger partial charge is 0.486 e. The van der Waals surface area contributed by atoms with Crippen molar-refractivity contribution in [3.05, 3.63) is 18.2 Å². The van der Waals surface area contributed by atoms with E-state index in [9.17, 15) is 13.2 Å². The van der Waals surface area contributed by atoms with E-state index in [1.54, 1.807) is 18.2 Å². The number of nitrogens with one attached hydrogen (secondary N) is 1. The van der Waals surface area contributed by atoms with Crippen LogP contribution < -0.4 is 19.1 Å². The Morgan fingerprint density at radius 3 is 2.65 bits per heavy atom. The van der Waals surface area contributed by atoms with E-state index >= 15 is 0 Å². The second kappa shape index (κ2) is 7.51. The Hall–Kier alpha value is -2.00. The van der Waals surface area contributed by atoms with Gasteiger partial charge in [0.05, 0.1) is 18.6 Å². The van der Waals surface area contributed by atoms with Crippen LogP contribution in [0.2, 0.25) is 0 Å². The van der Waals surface area contributed by atoms with Crippen LogP contribution in [0.3, 0.4) is 0 Å². The van der Waals surface area contributed by atoms with Crippen molar-refractivity contribution < 1.29 is 27.4 Å². The van der Waals surface area contributed by atoms with E-state index in [1.807, 2.05) is 0 Å². The smallest absolute Gasteiger partial charge is 0.240 e. The van der Waals surface area contributed by atoms with E-state index in [4.69, 9.17) is 14.2 Å². The van der Waals surface area contributed by atoms with Gasteiger partial charge in [-0.25, -0.2) is 8.42 Å². The Morgan fingerprint density at radius 1 is 1.30 bits per heavy atom. The summed E-state index contributed by atoms with van der Waals surface area (Å²) in [6.07, 6.45) is 1.05. The Labute approximate surface area is 135 Å². The monoisotopic (exact) mass is 344 g/mol. The van der Waals surface area contributed by atoms with Crippen LogP contribution in [-0.4, -0.2) is 60.6 Å². The van der Waals surface area contributed by atoms with Crippen molar-refractivity contribution in [2.75, 3.05) is 50.6 Å². The van der Waals surface area contributed by atoms with Gasteiger partial charge < -0.3 is 19.5 Å². The molecule has 0 aromatic heterocycles. The van der Waals surface area contributed by atoms with E-state index in [-0.39, 0.29) is 6.54 Å². The molecule has 1 aromatic carbocycles. The first-order valence-corrected chi connectivity index (χ1v) is 8.89. The van der Waals surface area contributed by atoms with Crippen molar-refractivity contribution in [1.29, 1.82) is 0 Å². The standard InChI is InChI=1S/C14H20N2O6S/c1-20-6-5-15-14(17)10-16(23(2,18)19)11-3-4-12-13(9-11)22-8-7-21-12/h3-4,9H,5-8,10H2,1-2H3,(H,15,17). The van der Waals surface area contributed by atoms with Crippen molar-refractivity contribution in [1.82, 2.24) is 5.32 Å². The fraction of sp³-hybridized carbons (Fsp3) is 0.500. The number of rotatable bonds is 7. The third kappa shape index (κ3) is 4.73. The predicted molar refractivity (Wildman–Crippen MR) is 84.5 cm³/mol. The summed E-state index contributed by atoms with van der Waals surface area (Å²) in [5.74, 6) is 0.600. The molecule has 0 bridgehead atoms. The lowest BCUT2D eigenvalue weighted by molar-refractivity contribution is -0.119. The van der Waals surface area contributed by atoms with Crippen molar-refractivity contribution in [3.63, 3.8) is 0 Å². The number of anilines is 1. The van der Waals surface area contributed by atoms with Crippen LogP contribution in [0, 0.1) is 0 Å². The number of hydrogen-bond donors (Lipinski definition) is 1. The normalized spacial score (nSPS) is 13.5. The van der Waals surface area contributed by atoms with Crippen LogP contribution in [0.4, 0.5) is 5.69 Å². The van der Waals surface area contributed by atoms with Gasteiger partial charge in [0.25, 0.3) is 0 Å². The lowest BCUT2D eigenvalue weighted by Crippen LogP contribution is -2.41. The van der Waals surface area contributed by atoms with Crippen molar-refractivity contribution in [2.45, 2.75) is 0 Å². The first-order valence-electron chi connectivity index (χ1n) is 7.05. The lowest BCUT2D eigenvalue weighted by atomic mass is 10.2. The second-order valence-electron chi connectivity index (χ2n) is 4.94. The third-order valence-electron chi connectivity index (χ3n) is 3.13. The molecule has 2 rings (SSSR count). The molecule has 0 saturated heterocycles. The molecule has 0 aliphatic carbocycles. The summed E-state index contributed by atoms with van der Waals surface area (Å²) in [5, 5.41) is 2.59. The molecule has 23 heavy (non-hydrogen) atoms.